The first-order chi connectivity index (χ1) is 13.4. The Labute approximate surface area is 165 Å². The van der Waals surface area contributed by atoms with Crippen LogP contribution in [0.4, 0.5) is 0 Å². The number of rotatable bonds is 4. The van der Waals surface area contributed by atoms with E-state index in [2.05, 4.69) is 79.6 Å². The Hall–Kier alpha value is -3.07. The summed E-state index contributed by atoms with van der Waals surface area (Å²) in [7, 11) is 0. The van der Waals surface area contributed by atoms with Crippen LogP contribution in [0.15, 0.2) is 66.7 Å². The third-order valence-electron chi connectivity index (χ3n) is 5.24. The number of hydrogen-bond acceptors (Lipinski definition) is 1. The summed E-state index contributed by atoms with van der Waals surface area (Å²) in [6.45, 7) is 7.16. The largest absolute Gasteiger partial charge is 0.355 e. The predicted molar refractivity (Wildman–Crippen MR) is 116 cm³/mol. The molecular formula is C25H26N2O. The molecule has 0 saturated heterocycles. The molecule has 3 aromatic carbocycles. The van der Waals surface area contributed by atoms with Crippen molar-refractivity contribution in [2.24, 2.45) is 0 Å². The number of fused-ring (bicyclic) bond motifs is 3. The molecule has 1 amide bonds. The van der Waals surface area contributed by atoms with Gasteiger partial charge in [0.15, 0.2) is 0 Å². The van der Waals surface area contributed by atoms with E-state index < -0.39 is 0 Å². The lowest BCUT2D eigenvalue weighted by Crippen LogP contribution is -2.24. The third-order valence-corrected chi connectivity index (χ3v) is 5.24. The van der Waals surface area contributed by atoms with E-state index in [0.29, 0.717) is 13.0 Å². The number of benzene rings is 3. The fourth-order valence-corrected chi connectivity index (χ4v) is 3.58. The van der Waals surface area contributed by atoms with Gasteiger partial charge in [0.05, 0.1) is 6.42 Å². The quantitative estimate of drug-likeness (QED) is 0.491. The molecule has 0 aliphatic rings. The van der Waals surface area contributed by atoms with Crippen molar-refractivity contribution in [3.8, 4) is 0 Å². The molecule has 0 unspecified atom stereocenters. The van der Waals surface area contributed by atoms with Crippen LogP contribution in [0.1, 0.15) is 37.5 Å². The van der Waals surface area contributed by atoms with Crippen LogP contribution in [-0.2, 0) is 23.2 Å². The maximum absolute atomic E-state index is 12.4. The van der Waals surface area contributed by atoms with Crippen molar-refractivity contribution in [2.75, 3.05) is 0 Å². The Morgan fingerprint density at radius 1 is 0.857 bits per heavy atom. The normalized spacial score (nSPS) is 11.8. The lowest BCUT2D eigenvalue weighted by molar-refractivity contribution is -0.120. The lowest BCUT2D eigenvalue weighted by atomic mass is 9.87. The van der Waals surface area contributed by atoms with Crippen LogP contribution in [0.2, 0.25) is 0 Å². The molecule has 0 fully saturated rings. The molecule has 142 valence electrons. The molecule has 0 spiro atoms. The number of para-hydroxylation sites is 1. The van der Waals surface area contributed by atoms with Gasteiger partial charge in [-0.05, 0) is 34.2 Å². The summed E-state index contributed by atoms with van der Waals surface area (Å²) in [4.78, 5) is 15.8. The SMILES string of the molecule is CC(C)(C)c1ccc(CNC(=O)Cc2ccc3c(c2)[nH]c2ccccc23)cc1. The van der Waals surface area contributed by atoms with Gasteiger partial charge >= 0.3 is 0 Å². The maximum atomic E-state index is 12.4. The van der Waals surface area contributed by atoms with Gasteiger partial charge in [-0.1, -0.05) is 75.4 Å². The number of aromatic amines is 1. The zero-order valence-corrected chi connectivity index (χ0v) is 16.7. The second kappa shape index (κ2) is 7.16. The molecule has 0 radical (unpaired) electrons. The standard InChI is InChI=1S/C25H26N2O/c1-25(2,3)19-11-8-17(9-12-19)16-26-24(28)15-18-10-13-21-20-6-4-5-7-22(20)27-23(21)14-18/h4-14,27H,15-16H2,1-3H3,(H,26,28). The molecule has 0 saturated carbocycles. The first-order valence-electron chi connectivity index (χ1n) is 9.76. The zero-order chi connectivity index (χ0) is 19.7. The van der Waals surface area contributed by atoms with Gasteiger partial charge < -0.3 is 10.3 Å². The van der Waals surface area contributed by atoms with Crippen molar-refractivity contribution in [3.05, 3.63) is 83.4 Å². The fraction of sp³-hybridized carbons (Fsp3) is 0.240. The van der Waals surface area contributed by atoms with Gasteiger partial charge in [0.25, 0.3) is 0 Å². The van der Waals surface area contributed by atoms with Gasteiger partial charge in [0.2, 0.25) is 5.91 Å². The highest BCUT2D eigenvalue weighted by Crippen LogP contribution is 2.26. The zero-order valence-electron chi connectivity index (χ0n) is 16.7. The van der Waals surface area contributed by atoms with Gasteiger partial charge in [-0.15, -0.1) is 0 Å². The number of aromatic nitrogens is 1. The van der Waals surface area contributed by atoms with E-state index in [9.17, 15) is 4.79 Å². The van der Waals surface area contributed by atoms with Crippen molar-refractivity contribution in [1.82, 2.24) is 10.3 Å². The van der Waals surface area contributed by atoms with Crippen LogP contribution < -0.4 is 5.32 Å². The van der Waals surface area contributed by atoms with Crippen molar-refractivity contribution in [1.29, 1.82) is 0 Å². The van der Waals surface area contributed by atoms with Crippen molar-refractivity contribution >= 4 is 27.7 Å². The summed E-state index contributed by atoms with van der Waals surface area (Å²) in [6.07, 6.45) is 0.380. The van der Waals surface area contributed by atoms with Crippen molar-refractivity contribution < 1.29 is 4.79 Å². The Bertz CT molecular complexity index is 1130. The number of hydrogen-bond donors (Lipinski definition) is 2. The summed E-state index contributed by atoms with van der Waals surface area (Å²) in [5, 5.41) is 5.44. The first kappa shape index (κ1) is 18.3. The van der Waals surface area contributed by atoms with Gasteiger partial charge in [0.1, 0.15) is 0 Å². The highest BCUT2D eigenvalue weighted by molar-refractivity contribution is 6.07. The summed E-state index contributed by atoms with van der Waals surface area (Å²) in [6, 6.07) is 23.0. The van der Waals surface area contributed by atoms with Crippen LogP contribution in [0, 0.1) is 0 Å². The molecular weight excluding hydrogens is 344 g/mol. The van der Waals surface area contributed by atoms with Crippen LogP contribution in [0.3, 0.4) is 0 Å². The predicted octanol–water partition coefficient (Wildman–Crippen LogP) is 5.48. The topological polar surface area (TPSA) is 44.9 Å². The van der Waals surface area contributed by atoms with E-state index in [0.717, 1.165) is 22.2 Å². The number of amides is 1. The monoisotopic (exact) mass is 370 g/mol. The van der Waals surface area contributed by atoms with E-state index >= 15 is 0 Å². The Morgan fingerprint density at radius 2 is 1.54 bits per heavy atom. The van der Waals surface area contributed by atoms with E-state index in [1.165, 1.54) is 16.3 Å². The Balaban J connectivity index is 1.41. The smallest absolute Gasteiger partial charge is 0.224 e. The summed E-state index contributed by atoms with van der Waals surface area (Å²) in [5.74, 6) is 0.0374. The molecule has 28 heavy (non-hydrogen) atoms. The minimum Gasteiger partial charge on any atom is -0.355 e. The molecule has 0 aliphatic carbocycles. The number of carbonyl (C=O) groups is 1. The van der Waals surface area contributed by atoms with Crippen LogP contribution in [-0.4, -0.2) is 10.9 Å². The molecule has 3 nitrogen and oxygen atoms in total. The van der Waals surface area contributed by atoms with Crippen LogP contribution in [0.5, 0.6) is 0 Å². The average molecular weight is 370 g/mol. The number of carbonyl (C=O) groups excluding carboxylic acids is 1. The second-order valence-electron chi connectivity index (χ2n) is 8.45. The summed E-state index contributed by atoms with van der Waals surface area (Å²) in [5.41, 5.74) is 5.77. The lowest BCUT2D eigenvalue weighted by Gasteiger charge is -2.19. The minimum absolute atomic E-state index is 0.0374. The van der Waals surface area contributed by atoms with Gasteiger partial charge in [-0.2, -0.15) is 0 Å². The number of nitrogens with one attached hydrogen (secondary N) is 2. The molecule has 0 aliphatic heterocycles. The fourth-order valence-electron chi connectivity index (χ4n) is 3.58. The molecule has 1 heterocycles. The van der Waals surface area contributed by atoms with E-state index in [1.54, 1.807) is 0 Å². The summed E-state index contributed by atoms with van der Waals surface area (Å²) >= 11 is 0. The highest BCUT2D eigenvalue weighted by Gasteiger charge is 2.13. The highest BCUT2D eigenvalue weighted by atomic mass is 16.1. The molecule has 3 heteroatoms. The molecule has 4 aromatic rings. The maximum Gasteiger partial charge on any atom is 0.224 e. The second-order valence-corrected chi connectivity index (χ2v) is 8.45. The van der Waals surface area contributed by atoms with Gasteiger partial charge in [-0.25, -0.2) is 0 Å². The van der Waals surface area contributed by atoms with Crippen molar-refractivity contribution in [3.63, 3.8) is 0 Å². The number of H-pyrrole nitrogens is 1. The minimum atomic E-state index is 0.0374. The van der Waals surface area contributed by atoms with Gasteiger partial charge in [-0.3, -0.25) is 4.79 Å². The van der Waals surface area contributed by atoms with E-state index in [1.807, 2.05) is 18.2 Å². The van der Waals surface area contributed by atoms with E-state index in [4.69, 9.17) is 0 Å². The molecule has 1 aromatic heterocycles. The third kappa shape index (κ3) is 3.79. The van der Waals surface area contributed by atoms with E-state index in [-0.39, 0.29) is 11.3 Å². The van der Waals surface area contributed by atoms with Crippen LogP contribution in [0.25, 0.3) is 21.8 Å². The van der Waals surface area contributed by atoms with Gasteiger partial charge in [0, 0.05) is 28.4 Å². The molecule has 0 bridgehead atoms. The molecule has 0 atom stereocenters. The first-order valence-corrected chi connectivity index (χ1v) is 9.76. The summed E-state index contributed by atoms with van der Waals surface area (Å²) < 4.78 is 0. The Morgan fingerprint density at radius 3 is 2.29 bits per heavy atom. The Kier molecular flexibility index (Phi) is 4.68. The average Bonchev–Trinajstić information content (AvgIpc) is 3.04. The van der Waals surface area contributed by atoms with Crippen molar-refractivity contribution in [2.45, 2.75) is 39.2 Å². The molecule has 2 N–H and O–H groups in total. The van der Waals surface area contributed by atoms with Crippen LogP contribution >= 0.6 is 0 Å². The molecule has 4 rings (SSSR count).